The maximum absolute atomic E-state index is 13.0. The van der Waals surface area contributed by atoms with Crippen molar-refractivity contribution in [1.29, 1.82) is 0 Å². The van der Waals surface area contributed by atoms with Crippen molar-refractivity contribution < 1.29 is 19.1 Å². The van der Waals surface area contributed by atoms with E-state index in [1.807, 2.05) is 31.2 Å². The quantitative estimate of drug-likeness (QED) is 0.603. The molecule has 0 aliphatic carbocycles. The Bertz CT molecular complexity index is 1030. The molecule has 0 saturated carbocycles. The molecule has 1 aromatic heterocycles. The standard InChI is InChI=1S/C24H33N5O4/c1-6-33-20-10-8-7-9-17(20)14-26-21(30)18-13-19-22(31)28(5)24(4,15-29(19)27-18)23(32)25-12-11-16(2)3/h7-10,13,16H,6,11-12,14-15H2,1-5H3,(H,25,32)(H,26,30). The molecule has 178 valence electrons. The average molecular weight is 456 g/mol. The predicted molar refractivity (Wildman–Crippen MR) is 124 cm³/mol. The fourth-order valence-corrected chi connectivity index (χ4v) is 3.72. The fraction of sp³-hybridized carbons (Fsp3) is 0.500. The third-order valence-electron chi connectivity index (χ3n) is 5.94. The second kappa shape index (κ2) is 10.1. The number of ether oxygens (including phenoxy) is 1. The Morgan fingerprint density at radius 1 is 1.24 bits per heavy atom. The summed E-state index contributed by atoms with van der Waals surface area (Å²) < 4.78 is 7.05. The highest BCUT2D eigenvalue weighted by atomic mass is 16.5. The summed E-state index contributed by atoms with van der Waals surface area (Å²) in [4.78, 5) is 40.1. The van der Waals surface area contributed by atoms with Crippen LogP contribution < -0.4 is 15.4 Å². The molecule has 2 N–H and O–H groups in total. The molecular weight excluding hydrogens is 422 g/mol. The zero-order valence-electron chi connectivity index (χ0n) is 20.0. The first-order valence-corrected chi connectivity index (χ1v) is 11.3. The lowest BCUT2D eigenvalue weighted by Gasteiger charge is -2.40. The van der Waals surface area contributed by atoms with Crippen LogP contribution in [0.25, 0.3) is 0 Å². The van der Waals surface area contributed by atoms with Crippen molar-refractivity contribution in [3.8, 4) is 5.75 Å². The van der Waals surface area contributed by atoms with E-state index in [-0.39, 0.29) is 36.3 Å². The van der Waals surface area contributed by atoms with E-state index in [0.717, 1.165) is 12.0 Å². The van der Waals surface area contributed by atoms with Crippen LogP contribution in [-0.2, 0) is 17.9 Å². The van der Waals surface area contributed by atoms with Gasteiger partial charge in [-0.2, -0.15) is 5.10 Å². The van der Waals surface area contributed by atoms with Crippen molar-refractivity contribution in [3.05, 3.63) is 47.3 Å². The summed E-state index contributed by atoms with van der Waals surface area (Å²) in [5.74, 6) is 0.181. The second-order valence-electron chi connectivity index (χ2n) is 8.87. The summed E-state index contributed by atoms with van der Waals surface area (Å²) in [6, 6.07) is 8.95. The van der Waals surface area contributed by atoms with E-state index < -0.39 is 11.4 Å². The van der Waals surface area contributed by atoms with Crippen LogP contribution in [0.5, 0.6) is 5.75 Å². The lowest BCUT2D eigenvalue weighted by atomic mass is 9.95. The van der Waals surface area contributed by atoms with Gasteiger partial charge in [0.05, 0.1) is 13.2 Å². The molecule has 3 amide bonds. The number of nitrogens with one attached hydrogen (secondary N) is 2. The molecule has 0 radical (unpaired) electrons. The largest absolute Gasteiger partial charge is 0.494 e. The van der Waals surface area contributed by atoms with Crippen LogP contribution in [0.3, 0.4) is 0 Å². The van der Waals surface area contributed by atoms with E-state index in [9.17, 15) is 14.4 Å². The molecule has 2 heterocycles. The number of aromatic nitrogens is 2. The van der Waals surface area contributed by atoms with Crippen LogP contribution in [0.15, 0.2) is 30.3 Å². The third kappa shape index (κ3) is 5.18. The molecule has 1 aliphatic rings. The molecule has 1 aliphatic heterocycles. The number of hydrogen-bond donors (Lipinski definition) is 2. The summed E-state index contributed by atoms with van der Waals surface area (Å²) in [5, 5.41) is 10.1. The third-order valence-corrected chi connectivity index (χ3v) is 5.94. The van der Waals surface area contributed by atoms with Crippen molar-refractivity contribution in [2.75, 3.05) is 20.2 Å². The summed E-state index contributed by atoms with van der Waals surface area (Å²) >= 11 is 0. The molecule has 9 nitrogen and oxygen atoms in total. The molecule has 0 spiro atoms. The summed E-state index contributed by atoms with van der Waals surface area (Å²) in [6.45, 7) is 9.28. The van der Waals surface area contributed by atoms with E-state index in [1.54, 1.807) is 14.0 Å². The minimum atomic E-state index is -1.10. The van der Waals surface area contributed by atoms with Gasteiger partial charge in [0.1, 0.15) is 17.0 Å². The van der Waals surface area contributed by atoms with Crippen LogP contribution in [-0.4, -0.2) is 58.1 Å². The Kier molecular flexibility index (Phi) is 7.40. The van der Waals surface area contributed by atoms with Crippen molar-refractivity contribution in [1.82, 2.24) is 25.3 Å². The second-order valence-corrected chi connectivity index (χ2v) is 8.87. The lowest BCUT2D eigenvalue weighted by Crippen LogP contribution is -2.62. The zero-order valence-corrected chi connectivity index (χ0v) is 20.0. The number of benzene rings is 1. The van der Waals surface area contributed by atoms with Crippen LogP contribution in [0.4, 0.5) is 0 Å². The van der Waals surface area contributed by atoms with Gasteiger partial charge >= 0.3 is 0 Å². The van der Waals surface area contributed by atoms with Crippen LogP contribution in [0, 0.1) is 5.92 Å². The van der Waals surface area contributed by atoms with Gasteiger partial charge in [-0.1, -0.05) is 32.0 Å². The van der Waals surface area contributed by atoms with Crippen LogP contribution >= 0.6 is 0 Å². The number of carbonyl (C=O) groups excluding carboxylic acids is 3. The molecule has 0 bridgehead atoms. The van der Waals surface area contributed by atoms with Gasteiger partial charge in [-0.15, -0.1) is 0 Å². The highest BCUT2D eigenvalue weighted by Crippen LogP contribution is 2.26. The number of hydrogen-bond acceptors (Lipinski definition) is 5. The predicted octanol–water partition coefficient (Wildman–Crippen LogP) is 2.22. The fourth-order valence-electron chi connectivity index (χ4n) is 3.72. The Hall–Kier alpha value is -3.36. The number of amides is 3. The number of carbonyl (C=O) groups is 3. The molecular formula is C24H33N5O4. The normalized spacial score (nSPS) is 17.6. The molecule has 0 saturated heterocycles. The van der Waals surface area contributed by atoms with Crippen LogP contribution in [0.2, 0.25) is 0 Å². The Balaban J connectivity index is 1.73. The zero-order chi connectivity index (χ0) is 24.2. The molecule has 2 aromatic rings. The monoisotopic (exact) mass is 455 g/mol. The van der Waals surface area contributed by atoms with Gasteiger partial charge in [0.25, 0.3) is 11.8 Å². The van der Waals surface area contributed by atoms with Crippen molar-refractivity contribution >= 4 is 17.7 Å². The maximum atomic E-state index is 13.0. The number of fused-ring (bicyclic) bond motifs is 1. The highest BCUT2D eigenvalue weighted by Gasteiger charge is 2.46. The molecule has 9 heteroatoms. The van der Waals surface area contributed by atoms with Crippen molar-refractivity contribution in [2.45, 2.75) is 52.7 Å². The van der Waals surface area contributed by atoms with E-state index in [2.05, 4.69) is 29.6 Å². The molecule has 1 aromatic carbocycles. The first kappa shape index (κ1) is 24.3. The van der Waals surface area contributed by atoms with E-state index in [4.69, 9.17) is 4.74 Å². The topological polar surface area (TPSA) is 106 Å². The first-order valence-electron chi connectivity index (χ1n) is 11.3. The first-order chi connectivity index (χ1) is 15.7. The smallest absolute Gasteiger partial charge is 0.272 e. The molecule has 3 rings (SSSR count). The number of rotatable bonds is 9. The SMILES string of the molecule is CCOc1ccccc1CNC(=O)c1cc2n(n1)CC(C)(C(=O)NCCC(C)C)N(C)C2=O. The Labute approximate surface area is 194 Å². The average Bonchev–Trinajstić information content (AvgIpc) is 3.20. The minimum absolute atomic E-state index is 0.130. The van der Waals surface area contributed by atoms with Gasteiger partial charge in [-0.25, -0.2) is 0 Å². The highest BCUT2D eigenvalue weighted by molar-refractivity contribution is 6.01. The van der Waals surface area contributed by atoms with Gasteiger partial charge < -0.3 is 20.3 Å². The maximum Gasteiger partial charge on any atom is 0.272 e. The Morgan fingerprint density at radius 2 is 1.97 bits per heavy atom. The summed E-state index contributed by atoms with van der Waals surface area (Å²) in [7, 11) is 1.60. The van der Waals surface area contributed by atoms with E-state index in [0.29, 0.717) is 24.8 Å². The van der Waals surface area contributed by atoms with Crippen LogP contribution in [0.1, 0.15) is 60.7 Å². The van der Waals surface area contributed by atoms with E-state index >= 15 is 0 Å². The Morgan fingerprint density at radius 3 is 2.67 bits per heavy atom. The van der Waals surface area contributed by atoms with E-state index in [1.165, 1.54) is 15.6 Å². The van der Waals surface area contributed by atoms with Gasteiger partial charge in [0, 0.05) is 31.8 Å². The van der Waals surface area contributed by atoms with Gasteiger partial charge in [-0.05, 0) is 32.3 Å². The molecule has 33 heavy (non-hydrogen) atoms. The summed E-state index contributed by atoms with van der Waals surface area (Å²) in [5.41, 5.74) is 0.158. The molecule has 1 unspecified atom stereocenters. The molecule has 1 atom stereocenters. The minimum Gasteiger partial charge on any atom is -0.494 e. The number of para-hydroxylation sites is 1. The van der Waals surface area contributed by atoms with Crippen molar-refractivity contribution in [3.63, 3.8) is 0 Å². The number of nitrogens with zero attached hydrogens (tertiary/aromatic N) is 3. The van der Waals surface area contributed by atoms with Gasteiger partial charge in [0.15, 0.2) is 5.69 Å². The van der Waals surface area contributed by atoms with Crippen molar-refractivity contribution in [2.24, 2.45) is 5.92 Å². The van der Waals surface area contributed by atoms with Gasteiger partial charge in [-0.3, -0.25) is 19.1 Å². The number of likely N-dealkylation sites (N-methyl/N-ethyl adjacent to an activating group) is 1. The lowest BCUT2D eigenvalue weighted by molar-refractivity contribution is -0.132. The molecule has 0 fully saturated rings. The van der Waals surface area contributed by atoms with Gasteiger partial charge in [0.2, 0.25) is 5.91 Å². The summed E-state index contributed by atoms with van der Waals surface area (Å²) in [6.07, 6.45) is 0.850.